The molecule has 1 saturated heterocycles. The summed E-state index contributed by atoms with van der Waals surface area (Å²) in [5, 5.41) is 3.46. The molecule has 0 amide bonds. The molecule has 1 aromatic rings. The van der Waals surface area contributed by atoms with E-state index in [-0.39, 0.29) is 0 Å². The number of methoxy groups -OCH3 is 1. The highest BCUT2D eigenvalue weighted by molar-refractivity contribution is 4.97. The molecule has 1 aliphatic heterocycles. The molecule has 0 aromatic carbocycles. The first-order chi connectivity index (χ1) is 9.29. The highest BCUT2D eigenvalue weighted by atomic mass is 16.5. The van der Waals surface area contributed by atoms with Crippen molar-refractivity contribution in [1.82, 2.24) is 10.2 Å². The highest BCUT2D eigenvalue weighted by Crippen LogP contribution is 2.18. The van der Waals surface area contributed by atoms with Gasteiger partial charge < -0.3 is 14.5 Å². The molecule has 0 bridgehead atoms. The van der Waals surface area contributed by atoms with Crippen molar-refractivity contribution in [3.63, 3.8) is 0 Å². The molecule has 0 radical (unpaired) electrons. The number of rotatable bonds is 7. The van der Waals surface area contributed by atoms with Gasteiger partial charge in [0.15, 0.2) is 0 Å². The minimum atomic E-state index is 0.582. The maximum atomic E-state index is 5.31. The Hall–Kier alpha value is -0.840. The molecule has 4 heteroatoms. The summed E-state index contributed by atoms with van der Waals surface area (Å²) in [6.07, 6.45) is 4.24. The van der Waals surface area contributed by atoms with E-state index in [9.17, 15) is 0 Å². The Labute approximate surface area is 116 Å². The van der Waals surface area contributed by atoms with Gasteiger partial charge in [0, 0.05) is 26.3 Å². The van der Waals surface area contributed by atoms with Crippen LogP contribution in [0.1, 0.15) is 25.5 Å². The van der Waals surface area contributed by atoms with Gasteiger partial charge in [-0.15, -0.1) is 0 Å². The normalized spacial score (nSPS) is 19.7. The standard InChI is InChI=1S/C15H26N2O2/c1-13(10-16-11-15-4-3-9-19-15)17-7-5-14(6-8-17)12-18-2/h3-4,9,13-14,16H,5-8,10-12H2,1-2H3. The first kappa shape index (κ1) is 14.6. The van der Waals surface area contributed by atoms with Crippen molar-refractivity contribution >= 4 is 0 Å². The minimum absolute atomic E-state index is 0.582. The van der Waals surface area contributed by atoms with E-state index in [2.05, 4.69) is 17.1 Å². The Morgan fingerprint density at radius 2 is 2.26 bits per heavy atom. The largest absolute Gasteiger partial charge is 0.468 e. The van der Waals surface area contributed by atoms with E-state index in [1.54, 1.807) is 13.4 Å². The minimum Gasteiger partial charge on any atom is -0.468 e. The molecule has 1 aliphatic rings. The van der Waals surface area contributed by atoms with Crippen LogP contribution in [0.5, 0.6) is 0 Å². The third kappa shape index (κ3) is 4.64. The van der Waals surface area contributed by atoms with Gasteiger partial charge in [0.05, 0.1) is 12.8 Å². The Morgan fingerprint density at radius 1 is 1.47 bits per heavy atom. The van der Waals surface area contributed by atoms with Crippen molar-refractivity contribution in [2.24, 2.45) is 5.92 Å². The predicted octanol–water partition coefficient (Wildman–Crippen LogP) is 2.12. The maximum absolute atomic E-state index is 5.31. The molecule has 4 nitrogen and oxygen atoms in total. The SMILES string of the molecule is COCC1CCN(C(C)CNCc2ccco2)CC1. The van der Waals surface area contributed by atoms with Crippen LogP contribution in [0, 0.1) is 5.92 Å². The van der Waals surface area contributed by atoms with E-state index >= 15 is 0 Å². The van der Waals surface area contributed by atoms with Crippen molar-refractivity contribution < 1.29 is 9.15 Å². The summed E-state index contributed by atoms with van der Waals surface area (Å²) < 4.78 is 10.6. The number of nitrogens with zero attached hydrogens (tertiary/aromatic N) is 1. The van der Waals surface area contributed by atoms with Crippen molar-refractivity contribution in [1.29, 1.82) is 0 Å². The lowest BCUT2D eigenvalue weighted by molar-refractivity contribution is 0.0830. The molecule has 108 valence electrons. The van der Waals surface area contributed by atoms with Crippen molar-refractivity contribution in [2.45, 2.75) is 32.4 Å². The lowest BCUT2D eigenvalue weighted by atomic mass is 9.97. The van der Waals surface area contributed by atoms with Gasteiger partial charge in [0.1, 0.15) is 5.76 Å². The van der Waals surface area contributed by atoms with Crippen LogP contribution in [-0.4, -0.2) is 44.3 Å². The summed E-state index contributed by atoms with van der Waals surface area (Å²) in [7, 11) is 1.80. The zero-order valence-corrected chi connectivity index (χ0v) is 12.1. The fourth-order valence-electron chi connectivity index (χ4n) is 2.74. The molecule has 1 atom stereocenters. The molecule has 19 heavy (non-hydrogen) atoms. The van der Waals surface area contributed by atoms with Gasteiger partial charge in [-0.3, -0.25) is 4.90 Å². The van der Waals surface area contributed by atoms with Gasteiger partial charge in [-0.25, -0.2) is 0 Å². The number of piperidine rings is 1. The molecule has 0 saturated carbocycles. The quantitative estimate of drug-likeness (QED) is 0.820. The summed E-state index contributed by atoms with van der Waals surface area (Å²) in [6, 6.07) is 4.52. The van der Waals surface area contributed by atoms with Gasteiger partial charge in [-0.05, 0) is 50.9 Å². The topological polar surface area (TPSA) is 37.6 Å². The molecular formula is C15H26N2O2. The molecule has 1 fully saturated rings. The molecule has 0 spiro atoms. The molecule has 1 N–H and O–H groups in total. The zero-order valence-electron chi connectivity index (χ0n) is 12.1. The lowest BCUT2D eigenvalue weighted by Crippen LogP contribution is -2.45. The Balaban J connectivity index is 1.62. The second-order valence-corrected chi connectivity index (χ2v) is 5.49. The van der Waals surface area contributed by atoms with Gasteiger partial charge >= 0.3 is 0 Å². The Bertz CT molecular complexity index is 332. The number of nitrogens with one attached hydrogen (secondary N) is 1. The predicted molar refractivity (Wildman–Crippen MR) is 76.0 cm³/mol. The monoisotopic (exact) mass is 266 g/mol. The second kappa shape index (κ2) is 7.68. The maximum Gasteiger partial charge on any atom is 0.117 e. The lowest BCUT2D eigenvalue weighted by Gasteiger charge is -2.35. The number of likely N-dealkylation sites (tertiary alicyclic amines) is 1. The van der Waals surface area contributed by atoms with E-state index < -0.39 is 0 Å². The summed E-state index contributed by atoms with van der Waals surface area (Å²) in [5.74, 6) is 1.76. The van der Waals surface area contributed by atoms with Crippen LogP contribution in [0.4, 0.5) is 0 Å². The summed E-state index contributed by atoms with van der Waals surface area (Å²) >= 11 is 0. The molecule has 1 aromatic heterocycles. The Morgan fingerprint density at radius 3 is 2.89 bits per heavy atom. The smallest absolute Gasteiger partial charge is 0.117 e. The zero-order chi connectivity index (χ0) is 13.5. The first-order valence-electron chi connectivity index (χ1n) is 7.25. The van der Waals surface area contributed by atoms with Crippen LogP contribution in [0.3, 0.4) is 0 Å². The van der Waals surface area contributed by atoms with Gasteiger partial charge in [0.2, 0.25) is 0 Å². The number of hydrogen-bond donors (Lipinski definition) is 1. The first-order valence-corrected chi connectivity index (χ1v) is 7.25. The fraction of sp³-hybridized carbons (Fsp3) is 0.733. The van der Waals surface area contributed by atoms with E-state index in [1.807, 2.05) is 12.1 Å². The number of ether oxygens (including phenoxy) is 1. The number of hydrogen-bond acceptors (Lipinski definition) is 4. The summed E-state index contributed by atoms with van der Waals surface area (Å²) in [5.41, 5.74) is 0. The summed E-state index contributed by atoms with van der Waals surface area (Å²) in [6.45, 7) is 7.42. The van der Waals surface area contributed by atoms with Crippen molar-refractivity contribution in [3.8, 4) is 0 Å². The fourth-order valence-corrected chi connectivity index (χ4v) is 2.74. The molecule has 0 aliphatic carbocycles. The summed E-state index contributed by atoms with van der Waals surface area (Å²) in [4.78, 5) is 2.57. The van der Waals surface area contributed by atoms with Crippen LogP contribution in [0.25, 0.3) is 0 Å². The molecule has 1 unspecified atom stereocenters. The third-order valence-corrected chi connectivity index (χ3v) is 3.99. The Kier molecular flexibility index (Phi) is 5.89. The third-order valence-electron chi connectivity index (χ3n) is 3.99. The van der Waals surface area contributed by atoms with Crippen LogP contribution < -0.4 is 5.32 Å². The van der Waals surface area contributed by atoms with Crippen LogP contribution in [0.2, 0.25) is 0 Å². The molecule has 2 heterocycles. The highest BCUT2D eigenvalue weighted by Gasteiger charge is 2.22. The molecular weight excluding hydrogens is 240 g/mol. The second-order valence-electron chi connectivity index (χ2n) is 5.49. The van der Waals surface area contributed by atoms with Crippen molar-refractivity contribution in [2.75, 3.05) is 33.4 Å². The molecule has 2 rings (SSSR count). The van der Waals surface area contributed by atoms with Gasteiger partial charge in [-0.1, -0.05) is 0 Å². The van der Waals surface area contributed by atoms with E-state index in [0.29, 0.717) is 6.04 Å². The van der Waals surface area contributed by atoms with E-state index in [4.69, 9.17) is 9.15 Å². The van der Waals surface area contributed by atoms with E-state index in [1.165, 1.54) is 25.9 Å². The van der Waals surface area contributed by atoms with Crippen LogP contribution in [-0.2, 0) is 11.3 Å². The van der Waals surface area contributed by atoms with E-state index in [0.717, 1.165) is 31.4 Å². The van der Waals surface area contributed by atoms with Crippen LogP contribution in [0.15, 0.2) is 22.8 Å². The average Bonchev–Trinajstić information content (AvgIpc) is 2.93. The van der Waals surface area contributed by atoms with Crippen LogP contribution >= 0.6 is 0 Å². The van der Waals surface area contributed by atoms with Gasteiger partial charge in [0.25, 0.3) is 0 Å². The van der Waals surface area contributed by atoms with Gasteiger partial charge in [-0.2, -0.15) is 0 Å². The average molecular weight is 266 g/mol. The number of furan rings is 1. The van der Waals surface area contributed by atoms with Crippen molar-refractivity contribution in [3.05, 3.63) is 24.2 Å².